The van der Waals surface area contributed by atoms with Gasteiger partial charge in [-0.3, -0.25) is 0 Å². The molecule has 0 aromatic rings. The fourth-order valence-corrected chi connectivity index (χ4v) is 0. The van der Waals surface area contributed by atoms with E-state index < -0.39 is 20.3 Å². The summed E-state index contributed by atoms with van der Waals surface area (Å²) in [4.78, 5) is 33.0. The van der Waals surface area contributed by atoms with Crippen LogP contribution in [0.4, 0.5) is 0 Å². The number of rotatable bonds is 0. The van der Waals surface area contributed by atoms with E-state index >= 15 is 0 Å². The van der Waals surface area contributed by atoms with E-state index in [0.29, 0.717) is 0 Å². The Labute approximate surface area is 141 Å². The second-order valence-corrected chi connectivity index (χ2v) is 0.894. The molecule has 0 rings (SSSR count). The van der Waals surface area contributed by atoms with Gasteiger partial charge in [-0.25, -0.2) is 0 Å². The van der Waals surface area contributed by atoms with Crippen molar-refractivity contribution in [3.8, 4) is 0 Å². The third-order valence-corrected chi connectivity index (χ3v) is 0. The molecule has 0 spiro atoms. The van der Waals surface area contributed by atoms with Crippen LogP contribution in [0.1, 0.15) is 0 Å². The van der Waals surface area contributed by atoms with Crippen molar-refractivity contribution in [1.82, 2.24) is 0 Å². The van der Waals surface area contributed by atoms with Crippen molar-refractivity contribution < 1.29 is 79.4 Å². The zero-order valence-corrected chi connectivity index (χ0v) is 12.6. The van der Waals surface area contributed by atoms with Crippen molar-refractivity contribution >= 4 is 0 Å². The summed E-state index contributed by atoms with van der Waals surface area (Å²) in [6, 6.07) is 0. The molecule has 0 fully saturated rings. The topological polar surface area (TPSA) is 454 Å². The molecule has 0 saturated carbocycles. The van der Waals surface area contributed by atoms with E-state index in [1.54, 1.807) is 0 Å². The molecule has 0 aromatic carbocycles. The fraction of sp³-hybridized carbons (Fsp3) is 0. The van der Waals surface area contributed by atoms with Crippen molar-refractivity contribution in [2.45, 2.75) is 0 Å². The van der Waals surface area contributed by atoms with Gasteiger partial charge in [0.15, 0.2) is 0 Å². The van der Waals surface area contributed by atoms with Gasteiger partial charge in [-0.05, 0) is 0 Å². The van der Waals surface area contributed by atoms with Crippen LogP contribution in [0, 0.1) is 61.3 Å². The summed E-state index contributed by atoms with van der Waals surface area (Å²) in [6.07, 6.45) is 0. The maximum Gasteiger partial charge on any atom is 4.00 e. The average molecular weight is 447 g/mol. The average Bonchev–Trinajstić information content (AvgIpc) is 1.76. The summed E-state index contributed by atoms with van der Waals surface area (Å²) in [5.74, 6) is 0. The van der Waals surface area contributed by atoms with Crippen LogP contribution in [0.15, 0.2) is 0 Å². The van der Waals surface area contributed by atoms with E-state index in [0.717, 1.165) is 0 Å². The molecule has 0 aromatic heterocycles. The Bertz CT molecular complexity index is 161. The fourth-order valence-electron chi connectivity index (χ4n) is 0. The molecule has 0 bridgehead atoms. The molecule has 0 saturated heterocycles. The summed E-state index contributed by atoms with van der Waals surface area (Å²) in [6.45, 7) is 0. The zero-order chi connectivity index (χ0) is 14.3. The van der Waals surface area contributed by atoms with Gasteiger partial charge >= 0.3 is 26.2 Å². The zero-order valence-electron chi connectivity index (χ0n) is 10.2. The summed E-state index contributed by atoms with van der Waals surface area (Å²) < 4.78 is 0. The first-order valence-electron chi connectivity index (χ1n) is 2.19. The Morgan fingerprint density at radius 2 is 0.348 bits per heavy atom. The number of hydrogen-bond donors (Lipinski definition) is 0. The molecule has 0 aliphatic rings. The predicted molar refractivity (Wildman–Crippen MR) is 63.1 cm³/mol. The molecule has 0 radical (unpaired) electrons. The quantitative estimate of drug-likeness (QED) is 0.247. The molecule has 22 nitrogen and oxygen atoms in total. The molecule has 0 amide bonds. The summed E-state index contributed by atoms with van der Waals surface area (Å²) in [7, 11) is 0. The Hall–Kier alpha value is -2.56. The van der Waals surface area contributed by atoms with Gasteiger partial charge in [0.1, 0.15) is 0 Å². The summed E-state index contributed by atoms with van der Waals surface area (Å²) in [5, 5.41) is 59.0. The van der Waals surface area contributed by atoms with E-state index in [1.165, 1.54) is 0 Å². The van der Waals surface area contributed by atoms with Crippen LogP contribution in [0.5, 0.6) is 0 Å². The van der Waals surface area contributed by atoms with Crippen molar-refractivity contribution in [1.29, 1.82) is 0 Å². The largest absolute Gasteiger partial charge is 4.00 e. The molecule has 0 heterocycles. The van der Waals surface area contributed by atoms with Gasteiger partial charge in [-0.2, -0.15) is 0 Å². The number of hydrogen-bond acceptors (Lipinski definition) is 12. The first-order chi connectivity index (χ1) is 6.93. The molecule has 0 aliphatic carbocycles. The van der Waals surface area contributed by atoms with Gasteiger partial charge in [-0.1, -0.05) is 0 Å². The maximum absolute atomic E-state index is 8.25. The number of nitrogens with zero attached hydrogens (tertiary/aromatic N) is 4. The molecule has 23 heavy (non-hydrogen) atoms. The first kappa shape index (κ1) is 86.7. The third-order valence-electron chi connectivity index (χ3n) is 0. The van der Waals surface area contributed by atoms with E-state index in [1.807, 2.05) is 0 Å². The molecule has 0 unspecified atom stereocenters. The van der Waals surface area contributed by atoms with Gasteiger partial charge in [0.05, 0.1) is 20.3 Å². The van der Waals surface area contributed by atoms with Crippen LogP contribution in [0.3, 0.4) is 0 Å². The summed E-state index contributed by atoms with van der Waals surface area (Å²) in [5.41, 5.74) is 0. The minimum absolute atomic E-state index is 0. The van der Waals surface area contributed by atoms with Gasteiger partial charge in [0, 0.05) is 0 Å². The van der Waals surface area contributed by atoms with Crippen LogP contribution < -0.4 is 0 Å². The van der Waals surface area contributed by atoms with E-state index in [9.17, 15) is 0 Å². The monoisotopic (exact) mass is 446 g/mol. The Balaban J connectivity index is -0.00000000842. The van der Waals surface area contributed by atoms with Crippen molar-refractivity contribution in [2.75, 3.05) is 0 Å². The predicted octanol–water partition coefficient (Wildman–Crippen LogP) is -5.91. The minimum Gasteiger partial charge on any atom is -0.412 e. The third kappa shape index (κ3) is 905. The molecular weight excluding hydrogens is 435 g/mol. The molecule has 23 heteroatoms. The smallest absolute Gasteiger partial charge is 0.412 e. The van der Waals surface area contributed by atoms with Crippen LogP contribution >= 0.6 is 0 Å². The second-order valence-electron chi connectivity index (χ2n) is 0.894. The molecular formula is H12N4O18Zr. The van der Waals surface area contributed by atoms with Crippen molar-refractivity contribution in [3.63, 3.8) is 0 Å². The van der Waals surface area contributed by atoms with E-state index in [2.05, 4.69) is 0 Å². The van der Waals surface area contributed by atoms with Crippen LogP contribution in [-0.2, 0) is 26.2 Å². The van der Waals surface area contributed by atoms with Gasteiger partial charge < -0.3 is 94.1 Å². The minimum atomic E-state index is -1.75. The van der Waals surface area contributed by atoms with Gasteiger partial charge in [-0.15, -0.1) is 0 Å². The second kappa shape index (κ2) is 74.2. The van der Waals surface area contributed by atoms with Crippen molar-refractivity contribution in [3.05, 3.63) is 61.3 Å². The molecule has 0 aliphatic heterocycles. The maximum atomic E-state index is 8.25. The Kier molecular flexibility index (Phi) is 279. The normalized spacial score (nSPS) is 4.17. The van der Waals surface area contributed by atoms with Crippen LogP contribution in [0.2, 0.25) is 0 Å². The van der Waals surface area contributed by atoms with Crippen LogP contribution in [-0.4, -0.2) is 53.2 Å². The Morgan fingerprint density at radius 1 is 0.348 bits per heavy atom. The van der Waals surface area contributed by atoms with Crippen LogP contribution in [0.25, 0.3) is 0 Å². The first-order valence-corrected chi connectivity index (χ1v) is 2.19. The van der Waals surface area contributed by atoms with E-state index in [4.69, 9.17) is 61.3 Å². The van der Waals surface area contributed by atoms with E-state index in [-0.39, 0.29) is 59.1 Å². The SMILES string of the molecule is O.O.O.O.O.O.O=[N+]([O-])[O-].O=[N+]([O-])[O-].O=[N+]([O-])[O-].O=[N+]([O-])[O-].[Zr+4]. The standard InChI is InChI=1S/4NO3.6H2O.Zr/c4*2-1(3)4;;;;;;;/h;;;;6*1H2;/q4*-1;;;;;;;+4. The van der Waals surface area contributed by atoms with Gasteiger partial charge in [0.25, 0.3) is 0 Å². The molecule has 144 valence electrons. The van der Waals surface area contributed by atoms with Gasteiger partial charge in [0.2, 0.25) is 0 Å². The Morgan fingerprint density at radius 3 is 0.348 bits per heavy atom. The van der Waals surface area contributed by atoms with Crippen molar-refractivity contribution in [2.24, 2.45) is 0 Å². The molecule has 12 N–H and O–H groups in total. The molecule has 0 atom stereocenters. The summed E-state index contributed by atoms with van der Waals surface area (Å²) >= 11 is 0.